The minimum atomic E-state index is 0.229. The highest BCUT2D eigenvalue weighted by atomic mass is 16.3. The smallest absolute Gasteiger partial charge is 0.102 e. The first kappa shape index (κ1) is 30.9. The Labute approximate surface area is 196 Å². The van der Waals surface area contributed by atoms with Gasteiger partial charge < -0.3 is 14.7 Å². The second-order valence-electron chi connectivity index (χ2n) is 9.99. The van der Waals surface area contributed by atoms with Gasteiger partial charge in [0.2, 0.25) is 0 Å². The van der Waals surface area contributed by atoms with Crippen LogP contribution in [0.1, 0.15) is 142 Å². The molecule has 0 aromatic heterocycles. The fraction of sp³-hybridized carbons (Fsp3) is 1.00. The minimum absolute atomic E-state index is 0.229. The zero-order chi connectivity index (χ0) is 22.9. The van der Waals surface area contributed by atoms with Crippen LogP contribution in [0, 0.1) is 0 Å². The fourth-order valence-electron chi connectivity index (χ4n) is 4.94. The van der Waals surface area contributed by atoms with E-state index >= 15 is 0 Å². The predicted molar refractivity (Wildman–Crippen MR) is 138 cm³/mol. The summed E-state index contributed by atoms with van der Waals surface area (Å²) in [5.41, 5.74) is 0. The lowest BCUT2D eigenvalue weighted by Gasteiger charge is -2.37. The number of rotatable bonds is 26. The highest BCUT2D eigenvalue weighted by molar-refractivity contribution is 4.51. The molecule has 0 aromatic rings. The van der Waals surface area contributed by atoms with Crippen molar-refractivity contribution in [2.75, 3.05) is 39.4 Å². The Morgan fingerprint density at radius 3 is 0.935 bits per heavy atom. The Balaban J connectivity index is 3.29. The normalized spacial score (nSPS) is 12.0. The summed E-state index contributed by atoms with van der Waals surface area (Å²) in [5, 5.41) is 18.7. The Hall–Kier alpha value is -0.120. The van der Waals surface area contributed by atoms with E-state index in [0.717, 1.165) is 30.7 Å². The van der Waals surface area contributed by atoms with Crippen LogP contribution in [0.3, 0.4) is 0 Å². The second-order valence-corrected chi connectivity index (χ2v) is 9.99. The number of quaternary nitrogens is 1. The molecule has 0 spiro atoms. The molecule has 0 aliphatic heterocycles. The molecular formula is C28H60NO2+. The van der Waals surface area contributed by atoms with Gasteiger partial charge in [-0.2, -0.15) is 0 Å². The van der Waals surface area contributed by atoms with Crippen LogP contribution < -0.4 is 0 Å². The van der Waals surface area contributed by atoms with Gasteiger partial charge in [0, 0.05) is 0 Å². The van der Waals surface area contributed by atoms with E-state index in [0.29, 0.717) is 0 Å². The van der Waals surface area contributed by atoms with Gasteiger partial charge in [-0.05, 0) is 19.8 Å². The Bertz CT molecular complexity index is 329. The monoisotopic (exact) mass is 442 g/mol. The quantitative estimate of drug-likeness (QED) is 0.107. The summed E-state index contributed by atoms with van der Waals surface area (Å²) in [7, 11) is 0. The van der Waals surface area contributed by atoms with Crippen molar-refractivity contribution in [2.45, 2.75) is 142 Å². The molecule has 3 nitrogen and oxygen atoms in total. The number of aliphatic hydroxyl groups is 2. The molecule has 0 saturated heterocycles. The van der Waals surface area contributed by atoms with Gasteiger partial charge in [-0.15, -0.1) is 0 Å². The van der Waals surface area contributed by atoms with Crippen LogP contribution in [0.25, 0.3) is 0 Å². The molecule has 188 valence electrons. The van der Waals surface area contributed by atoms with Crippen LogP contribution in [-0.2, 0) is 0 Å². The molecule has 0 aliphatic carbocycles. The average molecular weight is 443 g/mol. The van der Waals surface area contributed by atoms with E-state index in [1.807, 2.05) is 0 Å². The number of hydrogen-bond acceptors (Lipinski definition) is 2. The third-order valence-corrected chi connectivity index (χ3v) is 7.31. The topological polar surface area (TPSA) is 40.5 Å². The third kappa shape index (κ3) is 20.2. The van der Waals surface area contributed by atoms with E-state index in [-0.39, 0.29) is 13.2 Å². The van der Waals surface area contributed by atoms with Gasteiger partial charge in [-0.1, -0.05) is 122 Å². The molecule has 0 bridgehead atoms. The summed E-state index contributed by atoms with van der Waals surface area (Å²) < 4.78 is 0.881. The average Bonchev–Trinajstić information content (AvgIpc) is 2.78. The van der Waals surface area contributed by atoms with Crippen molar-refractivity contribution in [1.82, 2.24) is 0 Å². The summed E-state index contributed by atoms with van der Waals surface area (Å²) in [6.45, 7) is 8.63. The summed E-state index contributed by atoms with van der Waals surface area (Å²) in [4.78, 5) is 0. The number of likely N-dealkylation sites (N-methyl/N-ethyl adjacent to an activating group) is 1. The van der Waals surface area contributed by atoms with E-state index in [2.05, 4.69) is 13.8 Å². The molecule has 0 unspecified atom stereocenters. The maximum absolute atomic E-state index is 9.33. The molecule has 0 aliphatic rings. The van der Waals surface area contributed by atoms with E-state index in [4.69, 9.17) is 0 Å². The summed E-state index contributed by atoms with van der Waals surface area (Å²) >= 11 is 0. The van der Waals surface area contributed by atoms with Gasteiger partial charge in [0.05, 0.1) is 26.3 Å². The summed E-state index contributed by atoms with van der Waals surface area (Å²) in [5.74, 6) is 0. The maximum atomic E-state index is 9.33. The van der Waals surface area contributed by atoms with Crippen LogP contribution in [0.2, 0.25) is 0 Å². The van der Waals surface area contributed by atoms with E-state index in [9.17, 15) is 10.2 Å². The molecule has 0 atom stereocenters. The van der Waals surface area contributed by atoms with Crippen molar-refractivity contribution < 1.29 is 14.7 Å². The zero-order valence-corrected chi connectivity index (χ0v) is 21.7. The lowest BCUT2D eigenvalue weighted by atomic mass is 10.0. The predicted octanol–water partition coefficient (Wildman–Crippen LogP) is 7.63. The molecule has 0 fully saturated rings. The van der Waals surface area contributed by atoms with Crippen molar-refractivity contribution >= 4 is 0 Å². The van der Waals surface area contributed by atoms with E-state index in [1.165, 1.54) is 128 Å². The van der Waals surface area contributed by atoms with Crippen LogP contribution in [-0.4, -0.2) is 54.1 Å². The fourth-order valence-corrected chi connectivity index (χ4v) is 4.94. The zero-order valence-electron chi connectivity index (χ0n) is 21.7. The highest BCUT2D eigenvalue weighted by Crippen LogP contribution is 2.15. The van der Waals surface area contributed by atoms with Crippen molar-refractivity contribution in [1.29, 1.82) is 0 Å². The standard InChI is InChI=1S/C28H60NO2/c1-3-5-6-7-8-9-10-11-12-13-14-15-16-17-18-19-20-21-22-23-24-29(4-2,25-27-30)26-28-31/h30-31H,3-28H2,1-2H3/q+1. The Morgan fingerprint density at radius 1 is 0.387 bits per heavy atom. The van der Waals surface area contributed by atoms with E-state index < -0.39 is 0 Å². The molecule has 0 radical (unpaired) electrons. The minimum Gasteiger partial charge on any atom is -0.391 e. The van der Waals surface area contributed by atoms with Crippen molar-refractivity contribution in [2.24, 2.45) is 0 Å². The first-order valence-corrected chi connectivity index (χ1v) is 14.3. The van der Waals surface area contributed by atoms with Crippen molar-refractivity contribution in [3.8, 4) is 0 Å². The summed E-state index contributed by atoms with van der Waals surface area (Å²) in [6, 6.07) is 0. The van der Waals surface area contributed by atoms with E-state index in [1.54, 1.807) is 0 Å². The lowest BCUT2D eigenvalue weighted by molar-refractivity contribution is -0.927. The van der Waals surface area contributed by atoms with Gasteiger partial charge in [0.25, 0.3) is 0 Å². The molecular weight excluding hydrogens is 382 g/mol. The van der Waals surface area contributed by atoms with Gasteiger partial charge in [-0.3, -0.25) is 0 Å². The molecule has 0 amide bonds. The molecule has 0 saturated carbocycles. The van der Waals surface area contributed by atoms with Gasteiger partial charge in [-0.25, -0.2) is 0 Å². The first-order valence-electron chi connectivity index (χ1n) is 14.3. The largest absolute Gasteiger partial charge is 0.391 e. The van der Waals surface area contributed by atoms with Gasteiger partial charge in [0.15, 0.2) is 0 Å². The number of nitrogens with zero attached hydrogens (tertiary/aromatic N) is 1. The Morgan fingerprint density at radius 2 is 0.677 bits per heavy atom. The number of aliphatic hydroxyl groups excluding tert-OH is 2. The first-order chi connectivity index (χ1) is 15.2. The number of unbranched alkanes of at least 4 members (excludes halogenated alkanes) is 19. The highest BCUT2D eigenvalue weighted by Gasteiger charge is 2.23. The molecule has 31 heavy (non-hydrogen) atoms. The lowest BCUT2D eigenvalue weighted by Crippen LogP contribution is -2.52. The maximum Gasteiger partial charge on any atom is 0.102 e. The van der Waals surface area contributed by atoms with Gasteiger partial charge >= 0.3 is 0 Å². The molecule has 0 aromatic carbocycles. The molecule has 3 heteroatoms. The van der Waals surface area contributed by atoms with Crippen molar-refractivity contribution in [3.05, 3.63) is 0 Å². The Kier molecular flexibility index (Phi) is 24.4. The molecule has 0 heterocycles. The van der Waals surface area contributed by atoms with Crippen LogP contribution in [0.4, 0.5) is 0 Å². The van der Waals surface area contributed by atoms with Crippen LogP contribution in [0.15, 0.2) is 0 Å². The SMILES string of the molecule is CCCCCCCCCCCCCCCCCCCCCC[N+](CC)(CCO)CCO. The van der Waals surface area contributed by atoms with Crippen LogP contribution >= 0.6 is 0 Å². The summed E-state index contributed by atoms with van der Waals surface area (Å²) in [6.07, 6.45) is 28.3. The second kappa shape index (κ2) is 24.5. The van der Waals surface area contributed by atoms with Crippen LogP contribution in [0.5, 0.6) is 0 Å². The molecule has 2 N–H and O–H groups in total. The van der Waals surface area contributed by atoms with Crippen molar-refractivity contribution in [3.63, 3.8) is 0 Å². The van der Waals surface area contributed by atoms with Gasteiger partial charge in [0.1, 0.15) is 13.1 Å². The third-order valence-electron chi connectivity index (χ3n) is 7.31. The number of hydrogen-bond donors (Lipinski definition) is 2. The molecule has 0 rings (SSSR count).